The average molecular weight is 394 g/mol. The number of ether oxygens (including phenoxy) is 3. The molecule has 0 amide bonds. The fourth-order valence-corrected chi connectivity index (χ4v) is 3.05. The molecule has 0 aromatic rings. The maximum atomic E-state index is 10.5. The molecule has 158 valence electrons. The van der Waals surface area contributed by atoms with E-state index in [1.807, 2.05) is 6.92 Å². The summed E-state index contributed by atoms with van der Waals surface area (Å²) in [5.41, 5.74) is 0. The van der Waals surface area contributed by atoms with Gasteiger partial charge in [0.1, 0.15) is 42.7 Å². The molecule has 0 radical (unpaired) electrons. The highest BCUT2D eigenvalue weighted by Crippen LogP contribution is 2.34. The summed E-state index contributed by atoms with van der Waals surface area (Å²) in [6.45, 7) is 1.00. The minimum Gasteiger partial charge on any atom is -0.394 e. The maximum absolute atomic E-state index is 10.5. The summed E-state index contributed by atoms with van der Waals surface area (Å²) < 4.78 is 16.4. The second-order valence-corrected chi connectivity index (χ2v) is 6.89. The highest BCUT2D eigenvalue weighted by molar-refractivity contribution is 5.07. The van der Waals surface area contributed by atoms with E-state index in [0.717, 1.165) is 12.8 Å². The van der Waals surface area contributed by atoms with Gasteiger partial charge in [-0.1, -0.05) is 25.8 Å². The first kappa shape index (κ1) is 22.6. The molecular weight excluding hydrogens is 364 g/mol. The first-order valence-corrected chi connectivity index (χ1v) is 9.11. The van der Waals surface area contributed by atoms with Crippen LogP contribution in [0.25, 0.3) is 0 Å². The molecule has 0 saturated carbocycles. The molecule has 9 atom stereocenters. The Bertz CT molecular complexity index is 486. The van der Waals surface area contributed by atoms with Crippen LogP contribution in [-0.2, 0) is 14.2 Å². The van der Waals surface area contributed by atoms with Gasteiger partial charge in [0.25, 0.3) is 0 Å². The lowest BCUT2D eigenvalue weighted by atomic mass is 9.95. The van der Waals surface area contributed by atoms with E-state index in [-0.39, 0.29) is 6.61 Å². The molecule has 2 unspecified atom stereocenters. The van der Waals surface area contributed by atoms with Crippen molar-refractivity contribution in [3.63, 3.8) is 0 Å². The van der Waals surface area contributed by atoms with Gasteiger partial charge in [-0.25, -0.2) is 0 Å². The highest BCUT2D eigenvalue weighted by Gasteiger charge is 2.54. The minimum atomic E-state index is -1.96. The molecule has 2 fully saturated rings. The molecule has 2 heterocycles. The van der Waals surface area contributed by atoms with E-state index in [1.54, 1.807) is 6.08 Å². The Morgan fingerprint density at radius 3 is 2.37 bits per heavy atom. The molecule has 2 aliphatic rings. The Morgan fingerprint density at radius 1 is 1.04 bits per heavy atom. The van der Waals surface area contributed by atoms with Crippen molar-refractivity contribution in [2.75, 3.05) is 13.2 Å². The molecular formula is C17H30O10. The van der Waals surface area contributed by atoms with Gasteiger partial charge >= 0.3 is 0 Å². The van der Waals surface area contributed by atoms with Crippen molar-refractivity contribution in [2.45, 2.75) is 81.0 Å². The SMILES string of the molecule is CCCCC=CC1(OC2O[C@H](CO)[C@@H](O)[C@H](O)[C@H]2O)OC[C@@H](O)[C@H](O)[C@H]1O. The molecule has 0 spiro atoms. The van der Waals surface area contributed by atoms with Crippen molar-refractivity contribution < 1.29 is 50.0 Å². The number of aliphatic hydroxyl groups is 7. The molecule has 10 nitrogen and oxygen atoms in total. The normalized spacial score (nSPS) is 46.1. The molecule has 0 aromatic carbocycles. The van der Waals surface area contributed by atoms with Gasteiger partial charge in [0.2, 0.25) is 5.79 Å². The van der Waals surface area contributed by atoms with E-state index in [1.165, 1.54) is 6.08 Å². The predicted molar refractivity (Wildman–Crippen MR) is 90.2 cm³/mol. The van der Waals surface area contributed by atoms with E-state index in [4.69, 9.17) is 14.2 Å². The molecule has 0 bridgehead atoms. The van der Waals surface area contributed by atoms with Gasteiger partial charge < -0.3 is 50.0 Å². The van der Waals surface area contributed by atoms with Crippen molar-refractivity contribution in [2.24, 2.45) is 0 Å². The Balaban J connectivity index is 2.24. The zero-order valence-electron chi connectivity index (χ0n) is 15.2. The van der Waals surface area contributed by atoms with Crippen LogP contribution in [0.15, 0.2) is 12.2 Å². The van der Waals surface area contributed by atoms with Gasteiger partial charge in [0.05, 0.1) is 13.2 Å². The summed E-state index contributed by atoms with van der Waals surface area (Å²) in [6.07, 6.45) is -6.91. The largest absolute Gasteiger partial charge is 0.394 e. The maximum Gasteiger partial charge on any atom is 0.220 e. The molecule has 0 aromatic heterocycles. The monoisotopic (exact) mass is 394 g/mol. The number of aliphatic hydroxyl groups excluding tert-OH is 7. The minimum absolute atomic E-state index is 0.353. The lowest BCUT2D eigenvalue weighted by Gasteiger charge is -2.47. The van der Waals surface area contributed by atoms with Crippen molar-refractivity contribution in [1.29, 1.82) is 0 Å². The zero-order valence-corrected chi connectivity index (χ0v) is 15.2. The van der Waals surface area contributed by atoms with E-state index in [9.17, 15) is 35.7 Å². The number of rotatable bonds is 7. The first-order valence-electron chi connectivity index (χ1n) is 9.11. The van der Waals surface area contributed by atoms with Crippen LogP contribution < -0.4 is 0 Å². The summed E-state index contributed by atoms with van der Waals surface area (Å²) >= 11 is 0. The van der Waals surface area contributed by atoms with Crippen LogP contribution in [0.4, 0.5) is 0 Å². The average Bonchev–Trinajstić information content (AvgIpc) is 2.67. The standard InChI is InChI=1S/C17H30O10/c1-2-3-4-5-6-17(15(24)11(20)9(19)8-25-17)27-16-14(23)13(22)12(21)10(7-18)26-16/h5-6,9-16,18-24H,2-4,7-8H2,1H3/t9-,10-,11+,12-,13+,14-,15-,16?,17?/m1/s1. The van der Waals surface area contributed by atoms with Crippen LogP contribution in [0.2, 0.25) is 0 Å². The fourth-order valence-electron chi connectivity index (χ4n) is 3.05. The van der Waals surface area contributed by atoms with Crippen molar-refractivity contribution >= 4 is 0 Å². The van der Waals surface area contributed by atoms with E-state index in [2.05, 4.69) is 0 Å². The Morgan fingerprint density at radius 2 is 1.74 bits per heavy atom. The van der Waals surface area contributed by atoms with Gasteiger partial charge in [-0.3, -0.25) is 0 Å². The Labute approximate surface area is 157 Å². The number of unbranched alkanes of at least 4 members (excludes halogenated alkanes) is 2. The van der Waals surface area contributed by atoms with Gasteiger partial charge in [0, 0.05) is 0 Å². The molecule has 2 saturated heterocycles. The summed E-state index contributed by atoms with van der Waals surface area (Å²) in [5.74, 6) is -1.96. The van der Waals surface area contributed by atoms with Crippen molar-refractivity contribution in [3.05, 3.63) is 12.2 Å². The van der Waals surface area contributed by atoms with Crippen LogP contribution in [-0.4, -0.2) is 104 Å². The third-order valence-corrected chi connectivity index (χ3v) is 4.83. The summed E-state index contributed by atoms with van der Waals surface area (Å²) in [5, 5.41) is 69.4. The van der Waals surface area contributed by atoms with Crippen LogP contribution in [0.5, 0.6) is 0 Å². The number of hydrogen-bond donors (Lipinski definition) is 7. The van der Waals surface area contributed by atoms with E-state index < -0.39 is 61.4 Å². The third kappa shape index (κ3) is 4.85. The first-order chi connectivity index (χ1) is 12.8. The van der Waals surface area contributed by atoms with Crippen LogP contribution in [0.3, 0.4) is 0 Å². The third-order valence-electron chi connectivity index (χ3n) is 4.83. The van der Waals surface area contributed by atoms with E-state index in [0.29, 0.717) is 6.42 Å². The lowest BCUT2D eigenvalue weighted by molar-refractivity contribution is -0.393. The molecule has 10 heteroatoms. The summed E-state index contributed by atoms with van der Waals surface area (Å²) in [7, 11) is 0. The van der Waals surface area contributed by atoms with E-state index >= 15 is 0 Å². The number of allylic oxidation sites excluding steroid dienone is 1. The fraction of sp³-hybridized carbons (Fsp3) is 0.882. The molecule has 2 rings (SSSR count). The summed E-state index contributed by atoms with van der Waals surface area (Å²) in [6, 6.07) is 0. The van der Waals surface area contributed by atoms with Gasteiger partial charge in [-0.05, 0) is 12.5 Å². The number of hydrogen-bond acceptors (Lipinski definition) is 10. The predicted octanol–water partition coefficient (Wildman–Crippen LogP) is -2.64. The van der Waals surface area contributed by atoms with Crippen LogP contribution >= 0.6 is 0 Å². The quantitative estimate of drug-likeness (QED) is 0.179. The highest BCUT2D eigenvalue weighted by atomic mass is 16.8. The van der Waals surface area contributed by atoms with Gasteiger partial charge in [-0.15, -0.1) is 0 Å². The second-order valence-electron chi connectivity index (χ2n) is 6.89. The molecule has 7 N–H and O–H groups in total. The second kappa shape index (κ2) is 9.70. The molecule has 2 aliphatic heterocycles. The topological polar surface area (TPSA) is 169 Å². The van der Waals surface area contributed by atoms with Gasteiger partial charge in [0.15, 0.2) is 6.29 Å². The Kier molecular flexibility index (Phi) is 8.13. The van der Waals surface area contributed by atoms with Crippen LogP contribution in [0, 0.1) is 0 Å². The van der Waals surface area contributed by atoms with Crippen molar-refractivity contribution in [1.82, 2.24) is 0 Å². The van der Waals surface area contributed by atoms with Crippen molar-refractivity contribution in [3.8, 4) is 0 Å². The smallest absolute Gasteiger partial charge is 0.220 e. The zero-order chi connectivity index (χ0) is 20.2. The van der Waals surface area contributed by atoms with Gasteiger partial charge in [-0.2, -0.15) is 0 Å². The summed E-state index contributed by atoms with van der Waals surface area (Å²) in [4.78, 5) is 0. The van der Waals surface area contributed by atoms with Crippen LogP contribution in [0.1, 0.15) is 26.2 Å². The molecule has 0 aliphatic carbocycles. The molecule has 27 heavy (non-hydrogen) atoms. The Hall–Kier alpha value is -0.660. The lowest BCUT2D eigenvalue weighted by Crippen LogP contribution is -2.66.